The van der Waals surface area contributed by atoms with Gasteiger partial charge in [-0.15, -0.1) is 0 Å². The predicted molar refractivity (Wildman–Crippen MR) is 64.9 cm³/mol. The summed E-state index contributed by atoms with van der Waals surface area (Å²) in [5, 5.41) is 21.3. The molecule has 1 unspecified atom stereocenters. The molecule has 1 rings (SSSR count). The number of hydrogen-bond donors (Lipinski definition) is 2. The first kappa shape index (κ1) is 13.3. The van der Waals surface area contributed by atoms with Gasteiger partial charge in [-0.1, -0.05) is 24.9 Å². The monoisotopic (exact) mass is 252 g/mol. The van der Waals surface area contributed by atoms with Gasteiger partial charge < -0.3 is 10.4 Å². The molecule has 0 aliphatic heterocycles. The highest BCUT2D eigenvalue weighted by molar-refractivity contribution is 6.30. The van der Waals surface area contributed by atoms with Crippen LogP contribution in [-0.4, -0.2) is 17.1 Å². The van der Waals surface area contributed by atoms with Crippen LogP contribution in [0.25, 0.3) is 0 Å². The zero-order valence-electron chi connectivity index (χ0n) is 9.40. The van der Waals surface area contributed by atoms with Crippen LogP contribution >= 0.6 is 11.6 Å². The zero-order valence-corrected chi connectivity index (χ0v) is 10.2. The smallest absolute Gasteiger partial charge is 0.256 e. The van der Waals surface area contributed by atoms with Gasteiger partial charge in [0.15, 0.2) is 0 Å². The fraction of sp³-hybridized carbons (Fsp3) is 0.333. The number of phenols is 1. The van der Waals surface area contributed by atoms with Gasteiger partial charge in [-0.25, -0.2) is 0 Å². The first-order valence-electron chi connectivity index (χ1n) is 5.27. The molecule has 1 atom stereocenters. The van der Waals surface area contributed by atoms with E-state index in [1.807, 2.05) is 13.0 Å². The molecule has 0 bridgehead atoms. The third-order valence-corrected chi connectivity index (χ3v) is 2.48. The molecule has 0 aliphatic rings. The number of halogens is 1. The Hall–Kier alpha value is -1.73. The van der Waals surface area contributed by atoms with Crippen molar-refractivity contribution in [1.29, 1.82) is 5.26 Å². The van der Waals surface area contributed by atoms with Gasteiger partial charge in [-0.3, -0.25) is 4.79 Å². The largest absolute Gasteiger partial charge is 0.507 e. The SMILES string of the molecule is CCCC(C#N)NC(=O)c1ccc(Cl)cc1O. The third kappa shape index (κ3) is 3.65. The van der Waals surface area contributed by atoms with Crippen LogP contribution in [0.4, 0.5) is 0 Å². The first-order chi connectivity index (χ1) is 8.08. The second-order valence-corrected chi connectivity index (χ2v) is 4.04. The minimum absolute atomic E-state index is 0.116. The molecule has 1 amide bonds. The van der Waals surface area contributed by atoms with Crippen molar-refractivity contribution in [3.63, 3.8) is 0 Å². The third-order valence-electron chi connectivity index (χ3n) is 2.24. The van der Waals surface area contributed by atoms with Gasteiger partial charge >= 0.3 is 0 Å². The Balaban J connectivity index is 2.79. The molecule has 2 N–H and O–H groups in total. The van der Waals surface area contributed by atoms with E-state index in [1.165, 1.54) is 18.2 Å². The summed E-state index contributed by atoms with van der Waals surface area (Å²) in [5.41, 5.74) is 0.116. The van der Waals surface area contributed by atoms with Gasteiger partial charge in [0.2, 0.25) is 0 Å². The molecule has 0 saturated heterocycles. The van der Waals surface area contributed by atoms with E-state index < -0.39 is 11.9 Å². The van der Waals surface area contributed by atoms with E-state index in [9.17, 15) is 9.90 Å². The van der Waals surface area contributed by atoms with Crippen molar-refractivity contribution < 1.29 is 9.90 Å². The van der Waals surface area contributed by atoms with Crippen molar-refractivity contribution in [2.45, 2.75) is 25.8 Å². The molecule has 0 aliphatic carbocycles. The summed E-state index contributed by atoms with van der Waals surface area (Å²) in [6.07, 6.45) is 1.38. The number of hydrogen-bond acceptors (Lipinski definition) is 3. The molecule has 90 valence electrons. The zero-order chi connectivity index (χ0) is 12.8. The number of carbonyl (C=O) groups excluding carboxylic acids is 1. The number of carbonyl (C=O) groups is 1. The molecule has 0 heterocycles. The lowest BCUT2D eigenvalue weighted by Crippen LogP contribution is -2.33. The van der Waals surface area contributed by atoms with Crippen LogP contribution in [0.15, 0.2) is 18.2 Å². The highest BCUT2D eigenvalue weighted by Gasteiger charge is 2.15. The normalized spacial score (nSPS) is 11.6. The number of amides is 1. The second kappa shape index (κ2) is 6.12. The Bertz CT molecular complexity index is 454. The van der Waals surface area contributed by atoms with Gasteiger partial charge in [-0.2, -0.15) is 5.26 Å². The van der Waals surface area contributed by atoms with Gasteiger partial charge in [0, 0.05) is 5.02 Å². The predicted octanol–water partition coefficient (Wildman–Crippen LogP) is 2.47. The average Bonchev–Trinajstić information content (AvgIpc) is 2.28. The van der Waals surface area contributed by atoms with Crippen LogP contribution in [0.1, 0.15) is 30.1 Å². The van der Waals surface area contributed by atoms with Crippen molar-refractivity contribution in [2.24, 2.45) is 0 Å². The summed E-state index contributed by atoms with van der Waals surface area (Å²) in [6.45, 7) is 1.93. The molecule has 17 heavy (non-hydrogen) atoms. The highest BCUT2D eigenvalue weighted by Crippen LogP contribution is 2.21. The molecule has 4 nitrogen and oxygen atoms in total. The fourth-order valence-electron chi connectivity index (χ4n) is 1.39. The lowest BCUT2D eigenvalue weighted by Gasteiger charge is -2.11. The van der Waals surface area contributed by atoms with Crippen molar-refractivity contribution in [3.05, 3.63) is 28.8 Å². The number of nitriles is 1. The number of nitrogens with zero attached hydrogens (tertiary/aromatic N) is 1. The Morgan fingerprint density at radius 2 is 2.35 bits per heavy atom. The molecule has 1 aromatic carbocycles. The van der Waals surface area contributed by atoms with E-state index in [2.05, 4.69) is 5.32 Å². The second-order valence-electron chi connectivity index (χ2n) is 3.61. The van der Waals surface area contributed by atoms with Crippen LogP contribution in [0.2, 0.25) is 5.02 Å². The lowest BCUT2D eigenvalue weighted by atomic mass is 10.1. The van der Waals surface area contributed by atoms with E-state index >= 15 is 0 Å². The molecule has 5 heteroatoms. The molecule has 0 saturated carbocycles. The Kier molecular flexibility index (Phi) is 4.80. The topological polar surface area (TPSA) is 73.1 Å². The number of phenolic OH excluding ortho intramolecular Hbond substituents is 1. The van der Waals surface area contributed by atoms with Crippen molar-refractivity contribution in [2.75, 3.05) is 0 Å². The van der Waals surface area contributed by atoms with Gasteiger partial charge in [-0.05, 0) is 24.6 Å². The molecule has 0 radical (unpaired) electrons. The average molecular weight is 253 g/mol. The molecule has 1 aromatic rings. The molecule has 0 fully saturated rings. The van der Waals surface area contributed by atoms with Crippen LogP contribution in [0.5, 0.6) is 5.75 Å². The van der Waals surface area contributed by atoms with Crippen LogP contribution in [0, 0.1) is 11.3 Å². The highest BCUT2D eigenvalue weighted by atomic mass is 35.5. The maximum Gasteiger partial charge on any atom is 0.256 e. The standard InChI is InChI=1S/C12H13ClN2O2/c1-2-3-9(7-14)15-12(17)10-5-4-8(13)6-11(10)16/h4-6,9,16H,2-3H2,1H3,(H,15,17). The van der Waals surface area contributed by atoms with E-state index in [0.717, 1.165) is 6.42 Å². The van der Waals surface area contributed by atoms with Crippen LogP contribution in [-0.2, 0) is 0 Å². The van der Waals surface area contributed by atoms with Crippen LogP contribution in [0.3, 0.4) is 0 Å². The quantitative estimate of drug-likeness (QED) is 0.865. The lowest BCUT2D eigenvalue weighted by molar-refractivity contribution is 0.0941. The maximum absolute atomic E-state index is 11.8. The van der Waals surface area contributed by atoms with E-state index in [4.69, 9.17) is 16.9 Å². The molecule has 0 spiro atoms. The van der Waals surface area contributed by atoms with Gasteiger partial charge in [0.1, 0.15) is 11.8 Å². The molecular weight excluding hydrogens is 240 g/mol. The summed E-state index contributed by atoms with van der Waals surface area (Å²) >= 11 is 5.66. The first-order valence-corrected chi connectivity index (χ1v) is 5.65. The minimum atomic E-state index is -0.539. The van der Waals surface area contributed by atoms with Crippen molar-refractivity contribution in [3.8, 4) is 11.8 Å². The number of benzene rings is 1. The Labute approximate surface area is 105 Å². The van der Waals surface area contributed by atoms with Crippen LogP contribution < -0.4 is 5.32 Å². The number of aromatic hydroxyl groups is 1. The molecular formula is C12H13ClN2O2. The van der Waals surface area contributed by atoms with E-state index in [1.54, 1.807) is 0 Å². The fourth-order valence-corrected chi connectivity index (χ4v) is 1.56. The van der Waals surface area contributed by atoms with Gasteiger partial charge in [0.25, 0.3) is 5.91 Å². The van der Waals surface area contributed by atoms with E-state index in [-0.39, 0.29) is 11.3 Å². The van der Waals surface area contributed by atoms with E-state index in [0.29, 0.717) is 11.4 Å². The summed E-state index contributed by atoms with van der Waals surface area (Å²) in [7, 11) is 0. The Morgan fingerprint density at radius 3 is 2.88 bits per heavy atom. The van der Waals surface area contributed by atoms with Crippen molar-refractivity contribution in [1.82, 2.24) is 5.32 Å². The number of nitrogens with one attached hydrogen (secondary N) is 1. The number of rotatable bonds is 4. The molecule has 0 aromatic heterocycles. The maximum atomic E-state index is 11.8. The van der Waals surface area contributed by atoms with Gasteiger partial charge in [0.05, 0.1) is 11.6 Å². The summed E-state index contributed by atoms with van der Waals surface area (Å²) in [6, 6.07) is 5.68. The Morgan fingerprint density at radius 1 is 1.65 bits per heavy atom. The summed E-state index contributed by atoms with van der Waals surface area (Å²) < 4.78 is 0. The summed E-state index contributed by atoms with van der Waals surface area (Å²) in [4.78, 5) is 11.8. The summed E-state index contributed by atoms with van der Waals surface area (Å²) in [5.74, 6) is -0.664. The van der Waals surface area contributed by atoms with Crippen molar-refractivity contribution >= 4 is 17.5 Å². The minimum Gasteiger partial charge on any atom is -0.507 e.